The highest BCUT2D eigenvalue weighted by Gasteiger charge is 2.17. The van der Waals surface area contributed by atoms with Crippen LogP contribution in [0.1, 0.15) is 23.7 Å². The molecule has 0 spiro atoms. The van der Waals surface area contributed by atoms with Gasteiger partial charge in [-0.15, -0.1) is 0 Å². The fourth-order valence-electron chi connectivity index (χ4n) is 1.94. The number of rotatable bonds is 4. The monoisotopic (exact) mass is 254 g/mol. The highest BCUT2D eigenvalue weighted by Crippen LogP contribution is 2.16. The Morgan fingerprint density at radius 1 is 1.37 bits per heavy atom. The van der Waals surface area contributed by atoms with Gasteiger partial charge in [-0.2, -0.15) is 5.26 Å². The summed E-state index contributed by atoms with van der Waals surface area (Å²) in [6.07, 6.45) is 3.97. The number of hydrogen-bond donors (Lipinski definition) is 0. The van der Waals surface area contributed by atoms with Crippen molar-refractivity contribution in [3.05, 3.63) is 36.2 Å². The molecule has 0 aliphatic carbocycles. The van der Waals surface area contributed by atoms with Gasteiger partial charge in [0.2, 0.25) is 0 Å². The number of hydrogen-bond acceptors (Lipinski definition) is 4. The number of aromatic nitrogens is 2. The topological polar surface area (TPSA) is 69.9 Å². The quantitative estimate of drug-likeness (QED) is 0.782. The van der Waals surface area contributed by atoms with Gasteiger partial charge >= 0.3 is 0 Å². The maximum Gasteiger partial charge on any atom is 0.256 e. The predicted molar refractivity (Wildman–Crippen MR) is 71.3 cm³/mol. The first kappa shape index (κ1) is 13.0. The third-order valence-corrected chi connectivity index (χ3v) is 2.77. The Balaban J connectivity index is 2.43. The van der Waals surface area contributed by atoms with E-state index in [0.717, 1.165) is 6.42 Å². The van der Waals surface area contributed by atoms with Crippen LogP contribution in [0.4, 0.5) is 0 Å². The van der Waals surface area contributed by atoms with Gasteiger partial charge in [-0.1, -0.05) is 13.0 Å². The van der Waals surface area contributed by atoms with Crippen molar-refractivity contribution in [2.45, 2.75) is 13.3 Å². The van der Waals surface area contributed by atoms with E-state index in [-0.39, 0.29) is 12.5 Å². The Morgan fingerprint density at radius 3 is 2.89 bits per heavy atom. The molecule has 5 nitrogen and oxygen atoms in total. The summed E-state index contributed by atoms with van der Waals surface area (Å²) in [4.78, 5) is 22.4. The van der Waals surface area contributed by atoms with Crippen LogP contribution in [0.5, 0.6) is 0 Å². The molecule has 5 heteroatoms. The molecule has 0 saturated carbocycles. The zero-order valence-electron chi connectivity index (χ0n) is 10.7. The first-order chi connectivity index (χ1) is 9.27. The van der Waals surface area contributed by atoms with Gasteiger partial charge < -0.3 is 4.90 Å². The van der Waals surface area contributed by atoms with E-state index in [9.17, 15) is 4.79 Å². The molecule has 0 saturated heterocycles. The van der Waals surface area contributed by atoms with E-state index >= 15 is 0 Å². The number of carbonyl (C=O) groups is 1. The lowest BCUT2D eigenvalue weighted by Crippen LogP contribution is -2.32. The predicted octanol–water partition coefficient (Wildman–Crippen LogP) is 2.01. The average Bonchev–Trinajstić information content (AvgIpc) is 2.46. The Morgan fingerprint density at radius 2 is 2.16 bits per heavy atom. The Kier molecular flexibility index (Phi) is 4.04. The van der Waals surface area contributed by atoms with Crippen molar-refractivity contribution in [2.75, 3.05) is 13.1 Å². The number of carbonyl (C=O) groups excluding carboxylic acids is 1. The zero-order valence-corrected chi connectivity index (χ0v) is 10.7. The standard InChI is InChI=1S/C14H14N4O/c1-2-9-18(10-6-15)14(19)11-4-3-5-12-13(11)17-8-7-16-12/h3-5,7-8H,2,9-10H2,1H3. The summed E-state index contributed by atoms with van der Waals surface area (Å²) in [6.45, 7) is 2.62. The largest absolute Gasteiger partial charge is 0.325 e. The molecule has 0 N–H and O–H groups in total. The minimum Gasteiger partial charge on any atom is -0.325 e. The number of para-hydroxylation sites is 1. The summed E-state index contributed by atoms with van der Waals surface area (Å²) < 4.78 is 0. The van der Waals surface area contributed by atoms with Crippen molar-refractivity contribution in [2.24, 2.45) is 0 Å². The van der Waals surface area contributed by atoms with Gasteiger partial charge in [-0.05, 0) is 18.6 Å². The molecule has 0 atom stereocenters. The van der Waals surface area contributed by atoms with Crippen LogP contribution in [0.25, 0.3) is 11.0 Å². The van der Waals surface area contributed by atoms with Crippen molar-refractivity contribution in [3.8, 4) is 6.07 Å². The third-order valence-electron chi connectivity index (χ3n) is 2.77. The number of amides is 1. The molecule has 96 valence electrons. The van der Waals surface area contributed by atoms with E-state index in [1.807, 2.05) is 19.1 Å². The van der Waals surface area contributed by atoms with Crippen LogP contribution >= 0.6 is 0 Å². The van der Waals surface area contributed by atoms with E-state index in [1.165, 1.54) is 4.90 Å². The fourth-order valence-corrected chi connectivity index (χ4v) is 1.94. The van der Waals surface area contributed by atoms with E-state index in [0.29, 0.717) is 23.1 Å². The molecule has 0 aliphatic rings. The van der Waals surface area contributed by atoms with Gasteiger partial charge in [0.25, 0.3) is 5.91 Å². The van der Waals surface area contributed by atoms with Gasteiger partial charge in [0.05, 0.1) is 17.1 Å². The van der Waals surface area contributed by atoms with Gasteiger partial charge in [-0.3, -0.25) is 14.8 Å². The summed E-state index contributed by atoms with van der Waals surface area (Å²) in [7, 11) is 0. The summed E-state index contributed by atoms with van der Waals surface area (Å²) in [5.41, 5.74) is 1.75. The van der Waals surface area contributed by atoms with Crippen LogP contribution in [0, 0.1) is 11.3 Å². The number of benzene rings is 1. The normalized spacial score (nSPS) is 10.1. The second kappa shape index (κ2) is 5.91. The SMILES string of the molecule is CCCN(CC#N)C(=O)c1cccc2nccnc12. The lowest BCUT2D eigenvalue weighted by atomic mass is 10.1. The highest BCUT2D eigenvalue weighted by atomic mass is 16.2. The molecule has 1 aromatic heterocycles. The maximum atomic E-state index is 12.4. The molecule has 1 aromatic carbocycles. The fraction of sp³-hybridized carbons (Fsp3) is 0.286. The lowest BCUT2D eigenvalue weighted by molar-refractivity contribution is 0.0778. The maximum absolute atomic E-state index is 12.4. The molecule has 2 aromatic rings. The minimum absolute atomic E-state index is 0.0866. The van der Waals surface area contributed by atoms with Crippen molar-refractivity contribution < 1.29 is 4.79 Å². The van der Waals surface area contributed by atoms with Crippen molar-refractivity contribution in [1.29, 1.82) is 5.26 Å². The summed E-state index contributed by atoms with van der Waals surface area (Å²) in [6, 6.07) is 7.33. The molecule has 1 heterocycles. The van der Waals surface area contributed by atoms with E-state index in [2.05, 4.69) is 9.97 Å². The van der Waals surface area contributed by atoms with E-state index in [4.69, 9.17) is 5.26 Å². The average molecular weight is 254 g/mol. The summed E-state index contributed by atoms with van der Waals surface area (Å²) >= 11 is 0. The van der Waals surface area contributed by atoms with Crippen molar-refractivity contribution in [3.63, 3.8) is 0 Å². The first-order valence-corrected chi connectivity index (χ1v) is 6.14. The molecule has 2 rings (SSSR count). The van der Waals surface area contributed by atoms with Gasteiger partial charge in [0.15, 0.2) is 0 Å². The first-order valence-electron chi connectivity index (χ1n) is 6.14. The van der Waals surface area contributed by atoms with Crippen LogP contribution < -0.4 is 0 Å². The Labute approximate surface area is 111 Å². The number of nitriles is 1. The molecule has 0 fully saturated rings. The molecule has 0 radical (unpaired) electrons. The van der Waals surface area contributed by atoms with Gasteiger partial charge in [0.1, 0.15) is 12.1 Å². The molecule has 1 amide bonds. The van der Waals surface area contributed by atoms with Crippen molar-refractivity contribution >= 4 is 16.9 Å². The molecule has 0 aliphatic heterocycles. The van der Waals surface area contributed by atoms with Crippen LogP contribution in [-0.2, 0) is 0 Å². The highest BCUT2D eigenvalue weighted by molar-refractivity contribution is 6.04. The van der Waals surface area contributed by atoms with Crippen LogP contribution in [-0.4, -0.2) is 33.9 Å². The second-order valence-electron chi connectivity index (χ2n) is 4.11. The van der Waals surface area contributed by atoms with Gasteiger partial charge in [-0.25, -0.2) is 0 Å². The second-order valence-corrected chi connectivity index (χ2v) is 4.11. The molecular formula is C14H14N4O. The third kappa shape index (κ3) is 2.68. The summed E-state index contributed by atoms with van der Waals surface area (Å²) in [5.74, 6) is -0.172. The van der Waals surface area contributed by atoms with E-state index < -0.39 is 0 Å². The summed E-state index contributed by atoms with van der Waals surface area (Å²) in [5, 5.41) is 8.80. The molecular weight excluding hydrogens is 240 g/mol. The Hall–Kier alpha value is -2.48. The van der Waals surface area contributed by atoms with Crippen LogP contribution in [0.2, 0.25) is 0 Å². The number of nitrogens with zero attached hydrogens (tertiary/aromatic N) is 4. The minimum atomic E-state index is -0.172. The number of fused-ring (bicyclic) bond motifs is 1. The van der Waals surface area contributed by atoms with Crippen molar-refractivity contribution in [1.82, 2.24) is 14.9 Å². The zero-order chi connectivity index (χ0) is 13.7. The smallest absolute Gasteiger partial charge is 0.256 e. The Bertz CT molecular complexity index is 627. The lowest BCUT2D eigenvalue weighted by Gasteiger charge is -2.19. The molecule has 0 bridgehead atoms. The molecule has 19 heavy (non-hydrogen) atoms. The van der Waals surface area contributed by atoms with Crippen LogP contribution in [0.15, 0.2) is 30.6 Å². The van der Waals surface area contributed by atoms with Crippen LogP contribution in [0.3, 0.4) is 0 Å². The van der Waals surface area contributed by atoms with Gasteiger partial charge in [0, 0.05) is 18.9 Å². The molecule has 0 unspecified atom stereocenters. The van der Waals surface area contributed by atoms with E-state index in [1.54, 1.807) is 24.5 Å².